The second-order valence-electron chi connectivity index (χ2n) is 5.03. The zero-order chi connectivity index (χ0) is 12.9. The molecule has 0 aliphatic rings. The van der Waals surface area contributed by atoms with Gasteiger partial charge in [0.1, 0.15) is 5.75 Å². The van der Waals surface area contributed by atoms with Gasteiger partial charge in [-0.3, -0.25) is 0 Å². The molecule has 1 aromatic rings. The lowest BCUT2D eigenvalue weighted by atomic mass is 9.90. The number of halogens is 1. The first-order valence-electron chi connectivity index (χ1n) is 5.73. The molecule has 17 heavy (non-hydrogen) atoms. The molecule has 3 N–H and O–H groups in total. The van der Waals surface area contributed by atoms with Crippen LogP contribution in [0.3, 0.4) is 0 Å². The molecule has 0 aliphatic heterocycles. The summed E-state index contributed by atoms with van der Waals surface area (Å²) in [6.07, 6.45) is 0.791. The van der Waals surface area contributed by atoms with Crippen molar-refractivity contribution < 1.29 is 10.2 Å². The molecule has 0 heterocycles. The van der Waals surface area contributed by atoms with Crippen LogP contribution >= 0.6 is 15.9 Å². The Balaban J connectivity index is 2.43. The van der Waals surface area contributed by atoms with E-state index in [4.69, 9.17) is 5.11 Å². The molecule has 0 saturated heterocycles. The van der Waals surface area contributed by atoms with E-state index in [1.165, 1.54) is 0 Å². The lowest BCUT2D eigenvalue weighted by molar-refractivity contribution is 0.207. The molecular formula is C13H20BrNO2. The summed E-state index contributed by atoms with van der Waals surface area (Å²) in [5.74, 6) is 0.259. The van der Waals surface area contributed by atoms with E-state index in [1.54, 1.807) is 6.07 Å². The fourth-order valence-corrected chi connectivity index (χ4v) is 2.02. The van der Waals surface area contributed by atoms with Crippen LogP contribution in [0.4, 0.5) is 0 Å². The van der Waals surface area contributed by atoms with Crippen LogP contribution in [-0.2, 0) is 6.54 Å². The van der Waals surface area contributed by atoms with Crippen LogP contribution in [0.5, 0.6) is 5.75 Å². The summed E-state index contributed by atoms with van der Waals surface area (Å²) in [5, 5.41) is 21.7. The molecule has 0 saturated carbocycles. The zero-order valence-electron chi connectivity index (χ0n) is 10.3. The van der Waals surface area contributed by atoms with Gasteiger partial charge in [0.2, 0.25) is 0 Å². The van der Waals surface area contributed by atoms with Crippen molar-refractivity contribution in [3.05, 3.63) is 28.2 Å². The fourth-order valence-electron chi connectivity index (χ4n) is 1.60. The van der Waals surface area contributed by atoms with Crippen LogP contribution in [-0.4, -0.2) is 23.4 Å². The topological polar surface area (TPSA) is 52.5 Å². The maximum absolute atomic E-state index is 9.37. The Bertz CT molecular complexity index is 366. The number of aliphatic hydroxyl groups excluding tert-OH is 1. The maximum atomic E-state index is 9.37. The molecule has 0 radical (unpaired) electrons. The number of nitrogens with one attached hydrogen (secondary N) is 1. The number of aromatic hydroxyl groups is 1. The molecule has 0 unspecified atom stereocenters. The Morgan fingerprint density at radius 1 is 1.35 bits per heavy atom. The van der Waals surface area contributed by atoms with E-state index >= 15 is 0 Å². The van der Waals surface area contributed by atoms with E-state index < -0.39 is 0 Å². The van der Waals surface area contributed by atoms with E-state index in [0.29, 0.717) is 4.47 Å². The average Bonchev–Trinajstić information content (AvgIpc) is 2.23. The Morgan fingerprint density at radius 3 is 2.65 bits per heavy atom. The molecule has 1 rings (SSSR count). The predicted octanol–water partition coefficient (Wildman–Crippen LogP) is 2.65. The van der Waals surface area contributed by atoms with Crippen molar-refractivity contribution in [3.63, 3.8) is 0 Å². The Morgan fingerprint density at radius 2 is 2.06 bits per heavy atom. The van der Waals surface area contributed by atoms with Crippen molar-refractivity contribution in [2.24, 2.45) is 5.41 Å². The van der Waals surface area contributed by atoms with Gasteiger partial charge in [0.15, 0.2) is 0 Å². The Hall–Kier alpha value is -0.580. The third-order valence-electron chi connectivity index (χ3n) is 2.73. The summed E-state index contributed by atoms with van der Waals surface area (Å²) in [5.41, 5.74) is 1.22. The van der Waals surface area contributed by atoms with Crippen LogP contribution in [0.1, 0.15) is 25.8 Å². The van der Waals surface area contributed by atoms with Crippen molar-refractivity contribution in [1.82, 2.24) is 5.32 Å². The minimum atomic E-state index is 0.100. The Kier molecular flexibility index (Phi) is 5.43. The first kappa shape index (κ1) is 14.5. The monoisotopic (exact) mass is 301 g/mol. The summed E-state index contributed by atoms with van der Waals surface area (Å²) >= 11 is 3.29. The molecule has 0 amide bonds. The first-order chi connectivity index (χ1) is 7.94. The molecule has 0 aromatic heterocycles. The van der Waals surface area contributed by atoms with E-state index in [-0.39, 0.29) is 17.8 Å². The van der Waals surface area contributed by atoms with E-state index in [2.05, 4.69) is 35.1 Å². The summed E-state index contributed by atoms with van der Waals surface area (Å²) in [4.78, 5) is 0. The largest absolute Gasteiger partial charge is 0.507 e. The number of rotatable bonds is 6. The summed E-state index contributed by atoms with van der Waals surface area (Å²) < 4.78 is 0.714. The highest BCUT2D eigenvalue weighted by Crippen LogP contribution is 2.24. The number of hydrogen-bond acceptors (Lipinski definition) is 3. The molecule has 1 aromatic carbocycles. The maximum Gasteiger partial charge on any atom is 0.129 e. The van der Waals surface area contributed by atoms with Crippen LogP contribution in [0, 0.1) is 5.41 Å². The van der Waals surface area contributed by atoms with Crippen LogP contribution < -0.4 is 5.32 Å². The highest BCUT2D eigenvalue weighted by molar-refractivity contribution is 9.10. The average molecular weight is 302 g/mol. The van der Waals surface area contributed by atoms with Gasteiger partial charge in [0, 0.05) is 19.7 Å². The van der Waals surface area contributed by atoms with E-state index in [0.717, 1.165) is 25.1 Å². The highest BCUT2D eigenvalue weighted by Gasteiger charge is 2.16. The van der Waals surface area contributed by atoms with Gasteiger partial charge >= 0.3 is 0 Å². The fraction of sp³-hybridized carbons (Fsp3) is 0.538. The first-order valence-corrected chi connectivity index (χ1v) is 6.53. The lowest BCUT2D eigenvalue weighted by Crippen LogP contribution is -2.29. The van der Waals surface area contributed by atoms with Crippen molar-refractivity contribution in [3.8, 4) is 5.75 Å². The summed E-state index contributed by atoms with van der Waals surface area (Å²) in [7, 11) is 0. The number of phenols is 1. The number of phenolic OH excluding ortho intramolecular Hbond substituents is 1. The smallest absolute Gasteiger partial charge is 0.129 e. The normalized spacial score (nSPS) is 11.8. The van der Waals surface area contributed by atoms with Crippen LogP contribution in [0.25, 0.3) is 0 Å². The molecule has 0 fully saturated rings. The summed E-state index contributed by atoms with van der Waals surface area (Å²) in [6, 6.07) is 5.48. The molecule has 0 aliphatic carbocycles. The molecule has 0 atom stereocenters. The van der Waals surface area contributed by atoms with Gasteiger partial charge in [-0.05, 0) is 45.5 Å². The van der Waals surface area contributed by atoms with Crippen molar-refractivity contribution in [2.75, 3.05) is 13.2 Å². The van der Waals surface area contributed by atoms with E-state index in [9.17, 15) is 5.11 Å². The molecule has 3 nitrogen and oxygen atoms in total. The third-order valence-corrected chi connectivity index (χ3v) is 3.37. The molecule has 0 spiro atoms. The van der Waals surface area contributed by atoms with Crippen molar-refractivity contribution in [1.29, 1.82) is 0 Å². The minimum absolute atomic E-state index is 0.100. The number of hydrogen-bond donors (Lipinski definition) is 3. The second kappa shape index (κ2) is 6.38. The molecule has 4 heteroatoms. The van der Waals surface area contributed by atoms with Gasteiger partial charge in [-0.1, -0.05) is 19.9 Å². The lowest BCUT2D eigenvalue weighted by Gasteiger charge is -2.24. The quantitative estimate of drug-likeness (QED) is 0.757. The number of aliphatic hydroxyl groups is 1. The van der Waals surface area contributed by atoms with Gasteiger partial charge < -0.3 is 15.5 Å². The molecular weight excluding hydrogens is 282 g/mol. The SMILES string of the molecule is CC(C)(CCO)CNCc1ccc(O)c(Br)c1. The minimum Gasteiger partial charge on any atom is -0.507 e. The van der Waals surface area contributed by atoms with Gasteiger partial charge in [-0.25, -0.2) is 0 Å². The predicted molar refractivity (Wildman–Crippen MR) is 73.0 cm³/mol. The van der Waals surface area contributed by atoms with Gasteiger partial charge in [-0.15, -0.1) is 0 Å². The number of benzene rings is 1. The standard InChI is InChI=1S/C13H20BrNO2/c1-13(2,5-6-16)9-15-8-10-3-4-12(17)11(14)7-10/h3-4,7,15-17H,5-6,8-9H2,1-2H3. The van der Waals surface area contributed by atoms with E-state index in [1.807, 2.05) is 12.1 Å². The summed E-state index contributed by atoms with van der Waals surface area (Å²) in [6.45, 7) is 6.09. The van der Waals surface area contributed by atoms with Gasteiger partial charge in [0.25, 0.3) is 0 Å². The third kappa shape index (κ3) is 5.06. The second-order valence-corrected chi connectivity index (χ2v) is 5.88. The van der Waals surface area contributed by atoms with Crippen molar-refractivity contribution >= 4 is 15.9 Å². The van der Waals surface area contributed by atoms with Crippen LogP contribution in [0.15, 0.2) is 22.7 Å². The van der Waals surface area contributed by atoms with Crippen LogP contribution in [0.2, 0.25) is 0 Å². The van der Waals surface area contributed by atoms with Gasteiger partial charge in [-0.2, -0.15) is 0 Å². The molecule has 96 valence electrons. The highest BCUT2D eigenvalue weighted by atomic mass is 79.9. The Labute approximate surface area is 111 Å². The zero-order valence-corrected chi connectivity index (χ0v) is 11.9. The van der Waals surface area contributed by atoms with Gasteiger partial charge in [0.05, 0.1) is 4.47 Å². The molecule has 0 bridgehead atoms. The van der Waals surface area contributed by atoms with Crippen molar-refractivity contribution in [2.45, 2.75) is 26.8 Å².